The number of nitrogens with one attached hydrogen (secondary N) is 1. The predicted octanol–water partition coefficient (Wildman–Crippen LogP) is 11.0. The lowest BCUT2D eigenvalue weighted by atomic mass is 10.0. The van der Waals surface area contributed by atoms with E-state index in [0.717, 1.165) is 51.4 Å². The summed E-state index contributed by atoms with van der Waals surface area (Å²) in [6.45, 7) is 4.79. The zero-order valence-corrected chi connectivity index (χ0v) is 34.3. The summed E-state index contributed by atoms with van der Waals surface area (Å²) in [6, 6.07) is -0.846. The molecule has 3 atom stereocenters. The summed E-state index contributed by atoms with van der Waals surface area (Å²) in [5, 5.41) is 13.8. The zero-order chi connectivity index (χ0) is 37.2. The minimum absolute atomic E-state index is 0.0607. The lowest BCUT2D eigenvalue weighted by molar-refractivity contribution is -0.870. The predicted molar refractivity (Wildman–Crippen MR) is 212 cm³/mol. The van der Waals surface area contributed by atoms with E-state index >= 15 is 0 Å². The number of carbonyl (C=O) groups is 1. The van der Waals surface area contributed by atoms with Gasteiger partial charge < -0.3 is 19.8 Å². The van der Waals surface area contributed by atoms with E-state index in [1.54, 1.807) is 6.08 Å². The molecular weight excluding hydrogens is 647 g/mol. The molecule has 0 saturated carbocycles. The monoisotopic (exact) mass is 730 g/mol. The molecule has 0 saturated heterocycles. The van der Waals surface area contributed by atoms with Crippen LogP contribution in [0.2, 0.25) is 0 Å². The van der Waals surface area contributed by atoms with Gasteiger partial charge in [0.15, 0.2) is 0 Å². The number of nitrogens with zero attached hydrogens (tertiary/aromatic N) is 1. The first-order chi connectivity index (χ1) is 24.0. The van der Waals surface area contributed by atoms with Gasteiger partial charge in [0.05, 0.1) is 39.9 Å². The Labute approximate surface area is 309 Å². The third kappa shape index (κ3) is 35.4. The normalized spacial score (nSPS) is 14.8. The van der Waals surface area contributed by atoms with Crippen LogP contribution in [-0.4, -0.2) is 73.4 Å². The third-order valence-electron chi connectivity index (χ3n) is 9.17. The number of allylic oxidation sites excluding steroid dienone is 3. The summed E-state index contributed by atoms with van der Waals surface area (Å²) >= 11 is 0. The first-order valence-corrected chi connectivity index (χ1v) is 22.2. The number of carbonyl (C=O) groups excluding carboxylic acids is 1. The zero-order valence-electron chi connectivity index (χ0n) is 33.4. The molecule has 0 aromatic rings. The van der Waals surface area contributed by atoms with Gasteiger partial charge >= 0.3 is 7.82 Å². The number of hydrogen-bond acceptors (Lipinski definition) is 5. The van der Waals surface area contributed by atoms with Crippen molar-refractivity contribution in [3.63, 3.8) is 0 Å². The van der Waals surface area contributed by atoms with Crippen LogP contribution in [-0.2, 0) is 18.4 Å². The Morgan fingerprint density at radius 2 is 1.08 bits per heavy atom. The number of likely N-dealkylation sites (N-methyl/N-ethyl adjacent to an activating group) is 1. The van der Waals surface area contributed by atoms with Gasteiger partial charge in [-0.3, -0.25) is 13.8 Å². The van der Waals surface area contributed by atoms with Gasteiger partial charge in [-0.05, 0) is 44.9 Å². The van der Waals surface area contributed by atoms with Gasteiger partial charge in [0.1, 0.15) is 13.2 Å². The summed E-state index contributed by atoms with van der Waals surface area (Å²) in [5.41, 5.74) is 0. The molecule has 0 fully saturated rings. The fourth-order valence-electron chi connectivity index (χ4n) is 5.80. The van der Waals surface area contributed by atoms with Crippen LogP contribution in [0.4, 0.5) is 0 Å². The molecular formula is C41H82N2O6P+. The Bertz CT molecular complexity index is 876. The first-order valence-electron chi connectivity index (χ1n) is 20.7. The Kier molecular flexibility index (Phi) is 33.1. The number of amides is 1. The number of phosphoric ester groups is 1. The van der Waals surface area contributed by atoms with E-state index < -0.39 is 20.0 Å². The van der Waals surface area contributed by atoms with Crippen molar-refractivity contribution in [3.8, 4) is 0 Å². The van der Waals surface area contributed by atoms with Gasteiger partial charge in [-0.25, -0.2) is 4.57 Å². The molecule has 8 nitrogen and oxygen atoms in total. The van der Waals surface area contributed by atoms with Gasteiger partial charge in [0.25, 0.3) is 0 Å². The maximum atomic E-state index is 12.8. The number of phosphoric acid groups is 1. The minimum Gasteiger partial charge on any atom is -0.387 e. The summed E-state index contributed by atoms with van der Waals surface area (Å²) in [6.07, 6.45) is 38.0. The highest BCUT2D eigenvalue weighted by Crippen LogP contribution is 2.43. The summed E-state index contributed by atoms with van der Waals surface area (Å²) in [5.74, 6) is -0.187. The maximum absolute atomic E-state index is 12.8. The van der Waals surface area contributed by atoms with Crippen LogP contribution in [0, 0.1) is 0 Å². The molecule has 9 heteroatoms. The van der Waals surface area contributed by atoms with E-state index in [9.17, 15) is 19.4 Å². The smallest absolute Gasteiger partial charge is 0.387 e. The largest absolute Gasteiger partial charge is 0.472 e. The van der Waals surface area contributed by atoms with E-state index in [1.165, 1.54) is 109 Å². The van der Waals surface area contributed by atoms with Crippen LogP contribution in [0.5, 0.6) is 0 Å². The SMILES string of the molecule is CCCCCCCCC=CCCCCCCCC(=O)N[C@@H](COP(=O)(O)OCC[N+](C)(C)C)[C@H](O)/C=C/CCCCCCCCCCCCC. The molecule has 0 aromatic carbocycles. The van der Waals surface area contributed by atoms with Gasteiger partial charge in [-0.2, -0.15) is 0 Å². The summed E-state index contributed by atoms with van der Waals surface area (Å²) in [4.78, 5) is 23.0. The van der Waals surface area contributed by atoms with Crippen molar-refractivity contribution in [2.24, 2.45) is 0 Å². The first kappa shape index (κ1) is 49.0. The van der Waals surface area contributed by atoms with Gasteiger partial charge in [-0.15, -0.1) is 0 Å². The van der Waals surface area contributed by atoms with Crippen LogP contribution in [0.3, 0.4) is 0 Å². The summed E-state index contributed by atoms with van der Waals surface area (Å²) in [7, 11) is 1.57. The molecule has 0 spiro atoms. The molecule has 0 aromatic heterocycles. The number of aliphatic hydroxyl groups is 1. The number of rotatable bonds is 37. The molecule has 3 N–H and O–H groups in total. The third-order valence-corrected chi connectivity index (χ3v) is 10.1. The lowest BCUT2D eigenvalue weighted by Crippen LogP contribution is -2.45. The van der Waals surface area contributed by atoms with E-state index in [1.807, 2.05) is 27.2 Å². The van der Waals surface area contributed by atoms with Crippen molar-refractivity contribution < 1.29 is 32.9 Å². The van der Waals surface area contributed by atoms with Crippen molar-refractivity contribution in [3.05, 3.63) is 24.3 Å². The van der Waals surface area contributed by atoms with Crippen molar-refractivity contribution in [1.29, 1.82) is 0 Å². The Hall–Kier alpha value is -1.02. The van der Waals surface area contributed by atoms with Crippen molar-refractivity contribution in [2.45, 2.75) is 193 Å². The van der Waals surface area contributed by atoms with E-state index in [-0.39, 0.29) is 19.1 Å². The molecule has 296 valence electrons. The van der Waals surface area contributed by atoms with Crippen molar-refractivity contribution in [1.82, 2.24) is 5.32 Å². The van der Waals surface area contributed by atoms with E-state index in [0.29, 0.717) is 17.4 Å². The van der Waals surface area contributed by atoms with Gasteiger partial charge in [0.2, 0.25) is 5.91 Å². The number of quaternary nitrogens is 1. The topological polar surface area (TPSA) is 105 Å². The average Bonchev–Trinajstić information content (AvgIpc) is 3.06. The van der Waals surface area contributed by atoms with Gasteiger partial charge in [-0.1, -0.05) is 154 Å². The van der Waals surface area contributed by atoms with Crippen LogP contribution in [0.25, 0.3) is 0 Å². The maximum Gasteiger partial charge on any atom is 0.472 e. The molecule has 0 radical (unpaired) electrons. The van der Waals surface area contributed by atoms with Crippen LogP contribution < -0.4 is 5.32 Å². The molecule has 1 unspecified atom stereocenters. The minimum atomic E-state index is -4.33. The molecule has 0 rings (SSSR count). The molecule has 0 bridgehead atoms. The highest BCUT2D eigenvalue weighted by atomic mass is 31.2. The Balaban J connectivity index is 4.50. The molecule has 50 heavy (non-hydrogen) atoms. The second-order valence-corrected chi connectivity index (χ2v) is 16.8. The highest BCUT2D eigenvalue weighted by Gasteiger charge is 2.27. The molecule has 0 aliphatic carbocycles. The fraction of sp³-hybridized carbons (Fsp3) is 0.878. The highest BCUT2D eigenvalue weighted by molar-refractivity contribution is 7.47. The quantitative estimate of drug-likeness (QED) is 0.0254. The molecule has 0 heterocycles. The Morgan fingerprint density at radius 3 is 1.54 bits per heavy atom. The molecule has 0 aliphatic heterocycles. The van der Waals surface area contributed by atoms with E-state index in [2.05, 4.69) is 31.3 Å². The van der Waals surface area contributed by atoms with E-state index in [4.69, 9.17) is 9.05 Å². The molecule has 0 aliphatic rings. The van der Waals surface area contributed by atoms with Crippen molar-refractivity contribution in [2.75, 3.05) is 40.9 Å². The number of unbranched alkanes of at least 4 members (excludes halogenated alkanes) is 22. The number of aliphatic hydroxyl groups excluding tert-OH is 1. The Morgan fingerprint density at radius 1 is 0.660 bits per heavy atom. The van der Waals surface area contributed by atoms with Crippen LogP contribution in [0.1, 0.15) is 181 Å². The standard InChI is InChI=1S/C41H81N2O6P/c1-6-8-10-12-14-16-18-20-21-23-25-27-29-31-33-35-41(45)42-39(38-49-50(46,47)48-37-36-43(3,4)5)40(44)34-32-30-28-26-24-22-19-17-15-13-11-9-7-2/h20-21,32,34,39-40,44H,6-19,22-31,33,35-38H2,1-5H3,(H-,42,45,46,47)/p+1/b21-20?,34-32+/t39-,40+/m0/s1. The van der Waals surface area contributed by atoms with Crippen molar-refractivity contribution >= 4 is 13.7 Å². The second-order valence-electron chi connectivity index (χ2n) is 15.4. The molecule has 1 amide bonds. The van der Waals surface area contributed by atoms with Crippen LogP contribution in [0.15, 0.2) is 24.3 Å². The number of hydrogen-bond donors (Lipinski definition) is 3. The second kappa shape index (κ2) is 33.8. The van der Waals surface area contributed by atoms with Gasteiger partial charge in [0, 0.05) is 6.42 Å². The average molecular weight is 730 g/mol. The van der Waals surface area contributed by atoms with Crippen LogP contribution >= 0.6 is 7.82 Å². The summed E-state index contributed by atoms with van der Waals surface area (Å²) < 4.78 is 23.5. The lowest BCUT2D eigenvalue weighted by Gasteiger charge is -2.25. The fourth-order valence-corrected chi connectivity index (χ4v) is 6.53.